The third kappa shape index (κ3) is 6.40. The molecule has 0 saturated carbocycles. The van der Waals surface area contributed by atoms with Crippen molar-refractivity contribution in [3.8, 4) is 0 Å². The second kappa shape index (κ2) is 7.86. The van der Waals surface area contributed by atoms with Crippen molar-refractivity contribution in [1.82, 2.24) is 5.32 Å². The fraction of sp³-hybridized carbons (Fsp3) is 0.889. The molecule has 0 heterocycles. The monoisotopic (exact) mass is 187 g/mol. The number of unbranched alkanes of at least 4 members (excludes halogenated alkanes) is 2. The minimum Gasteiger partial charge on any atom is -0.409 e. The second-order valence-electron chi connectivity index (χ2n) is 3.34. The van der Waals surface area contributed by atoms with E-state index in [1.807, 2.05) is 6.92 Å². The van der Waals surface area contributed by atoms with Gasteiger partial charge in [-0.3, -0.25) is 0 Å². The molecule has 0 aliphatic carbocycles. The SMILES string of the molecule is CCCCCNCC(C)C(N)=NO. The molecule has 0 rings (SSSR count). The molecule has 0 aromatic rings. The van der Waals surface area contributed by atoms with E-state index in [1.165, 1.54) is 19.3 Å². The van der Waals surface area contributed by atoms with Crippen LogP contribution in [0.25, 0.3) is 0 Å². The van der Waals surface area contributed by atoms with E-state index in [-0.39, 0.29) is 5.92 Å². The molecular weight excluding hydrogens is 166 g/mol. The number of amidine groups is 1. The van der Waals surface area contributed by atoms with E-state index >= 15 is 0 Å². The molecular formula is C9H21N3O. The fourth-order valence-corrected chi connectivity index (χ4v) is 1.02. The first-order valence-electron chi connectivity index (χ1n) is 4.90. The van der Waals surface area contributed by atoms with Crippen LogP contribution in [-0.4, -0.2) is 24.1 Å². The number of nitrogens with zero attached hydrogens (tertiary/aromatic N) is 1. The number of oxime groups is 1. The Balaban J connectivity index is 3.32. The summed E-state index contributed by atoms with van der Waals surface area (Å²) in [6.07, 6.45) is 3.68. The molecule has 4 N–H and O–H groups in total. The molecule has 13 heavy (non-hydrogen) atoms. The Morgan fingerprint density at radius 2 is 2.23 bits per heavy atom. The first-order valence-corrected chi connectivity index (χ1v) is 4.90. The van der Waals surface area contributed by atoms with Crippen molar-refractivity contribution in [2.24, 2.45) is 16.8 Å². The first kappa shape index (κ1) is 12.2. The minimum absolute atomic E-state index is 0.103. The van der Waals surface area contributed by atoms with Gasteiger partial charge in [-0.2, -0.15) is 0 Å². The molecule has 0 aliphatic rings. The maximum atomic E-state index is 8.38. The smallest absolute Gasteiger partial charge is 0.143 e. The zero-order valence-corrected chi connectivity index (χ0v) is 8.58. The van der Waals surface area contributed by atoms with Gasteiger partial charge in [0, 0.05) is 12.5 Å². The van der Waals surface area contributed by atoms with Crippen LogP contribution in [0.1, 0.15) is 33.1 Å². The molecule has 0 aliphatic heterocycles. The van der Waals surface area contributed by atoms with Gasteiger partial charge in [-0.15, -0.1) is 0 Å². The zero-order valence-electron chi connectivity index (χ0n) is 8.58. The molecule has 0 bridgehead atoms. The van der Waals surface area contributed by atoms with E-state index in [2.05, 4.69) is 17.4 Å². The number of nitrogens with two attached hydrogens (primary N) is 1. The molecule has 0 fully saturated rings. The molecule has 0 aromatic carbocycles. The number of hydrogen-bond acceptors (Lipinski definition) is 3. The third-order valence-corrected chi connectivity index (χ3v) is 2.03. The van der Waals surface area contributed by atoms with Crippen molar-refractivity contribution in [2.75, 3.05) is 13.1 Å². The summed E-state index contributed by atoms with van der Waals surface area (Å²) in [6.45, 7) is 5.90. The third-order valence-electron chi connectivity index (χ3n) is 2.03. The molecule has 1 atom stereocenters. The maximum Gasteiger partial charge on any atom is 0.143 e. The average molecular weight is 187 g/mol. The van der Waals surface area contributed by atoms with Crippen LogP contribution >= 0.6 is 0 Å². The highest BCUT2D eigenvalue weighted by atomic mass is 16.4. The Kier molecular flexibility index (Phi) is 7.39. The van der Waals surface area contributed by atoms with Gasteiger partial charge in [0.05, 0.1) is 0 Å². The van der Waals surface area contributed by atoms with Crippen molar-refractivity contribution in [3.63, 3.8) is 0 Å². The largest absolute Gasteiger partial charge is 0.409 e. The molecule has 1 unspecified atom stereocenters. The Hall–Kier alpha value is -0.770. The van der Waals surface area contributed by atoms with Gasteiger partial charge in [-0.25, -0.2) is 0 Å². The van der Waals surface area contributed by atoms with Crippen molar-refractivity contribution in [3.05, 3.63) is 0 Å². The van der Waals surface area contributed by atoms with Crippen LogP contribution in [0.3, 0.4) is 0 Å². The van der Waals surface area contributed by atoms with Crippen molar-refractivity contribution >= 4 is 5.84 Å². The predicted octanol–water partition coefficient (Wildman–Crippen LogP) is 1.15. The highest BCUT2D eigenvalue weighted by Gasteiger charge is 2.05. The lowest BCUT2D eigenvalue weighted by atomic mass is 10.1. The molecule has 0 aromatic heterocycles. The normalized spacial score (nSPS) is 14.5. The van der Waals surface area contributed by atoms with Gasteiger partial charge >= 0.3 is 0 Å². The van der Waals surface area contributed by atoms with Crippen molar-refractivity contribution in [1.29, 1.82) is 0 Å². The van der Waals surface area contributed by atoms with Crippen LogP contribution in [0.2, 0.25) is 0 Å². The Labute approximate surface area is 80.2 Å². The standard InChI is InChI=1S/C9H21N3O/c1-3-4-5-6-11-7-8(2)9(10)12-13/h8,11,13H,3-7H2,1-2H3,(H2,10,12). The first-order chi connectivity index (χ1) is 6.22. The van der Waals surface area contributed by atoms with Gasteiger partial charge in [0.25, 0.3) is 0 Å². The quantitative estimate of drug-likeness (QED) is 0.184. The number of rotatable bonds is 7. The zero-order chi connectivity index (χ0) is 10.1. The molecule has 4 heteroatoms. The van der Waals surface area contributed by atoms with Gasteiger partial charge in [0.2, 0.25) is 0 Å². The summed E-state index contributed by atoms with van der Waals surface area (Å²) in [4.78, 5) is 0. The van der Waals surface area contributed by atoms with Crippen LogP contribution in [0.4, 0.5) is 0 Å². The van der Waals surface area contributed by atoms with Gasteiger partial charge in [-0.05, 0) is 13.0 Å². The lowest BCUT2D eigenvalue weighted by Gasteiger charge is -2.10. The second-order valence-corrected chi connectivity index (χ2v) is 3.34. The Morgan fingerprint density at radius 3 is 2.77 bits per heavy atom. The fourth-order valence-electron chi connectivity index (χ4n) is 1.02. The molecule has 4 nitrogen and oxygen atoms in total. The van der Waals surface area contributed by atoms with Crippen molar-refractivity contribution in [2.45, 2.75) is 33.1 Å². The van der Waals surface area contributed by atoms with Crippen LogP contribution in [0.15, 0.2) is 5.16 Å². The Morgan fingerprint density at radius 1 is 1.54 bits per heavy atom. The molecule has 0 radical (unpaired) electrons. The van der Waals surface area contributed by atoms with E-state index in [1.54, 1.807) is 0 Å². The van der Waals surface area contributed by atoms with E-state index in [9.17, 15) is 0 Å². The summed E-state index contributed by atoms with van der Waals surface area (Å²) >= 11 is 0. The van der Waals surface area contributed by atoms with Gasteiger partial charge in [0.1, 0.15) is 5.84 Å². The minimum atomic E-state index is 0.103. The maximum absolute atomic E-state index is 8.38. The van der Waals surface area contributed by atoms with E-state index in [4.69, 9.17) is 10.9 Å². The highest BCUT2D eigenvalue weighted by molar-refractivity contribution is 5.82. The summed E-state index contributed by atoms with van der Waals surface area (Å²) in [5, 5.41) is 14.6. The molecule has 0 amide bonds. The van der Waals surface area contributed by atoms with E-state index < -0.39 is 0 Å². The van der Waals surface area contributed by atoms with Crippen molar-refractivity contribution < 1.29 is 5.21 Å². The summed E-state index contributed by atoms with van der Waals surface area (Å²) in [6, 6.07) is 0. The molecule has 78 valence electrons. The van der Waals surface area contributed by atoms with Gasteiger partial charge in [-0.1, -0.05) is 31.8 Å². The van der Waals surface area contributed by atoms with Crippen LogP contribution in [0, 0.1) is 5.92 Å². The molecule has 0 saturated heterocycles. The van der Waals surface area contributed by atoms with Crippen LogP contribution in [0.5, 0.6) is 0 Å². The van der Waals surface area contributed by atoms with Gasteiger partial charge < -0.3 is 16.3 Å². The summed E-state index contributed by atoms with van der Waals surface area (Å²) in [7, 11) is 0. The van der Waals surface area contributed by atoms with E-state index in [0.717, 1.165) is 13.1 Å². The predicted molar refractivity (Wildman–Crippen MR) is 55.0 cm³/mol. The lowest BCUT2D eigenvalue weighted by molar-refractivity contribution is 0.314. The lowest BCUT2D eigenvalue weighted by Crippen LogP contribution is -2.31. The number of nitrogens with one attached hydrogen (secondary N) is 1. The topological polar surface area (TPSA) is 70.6 Å². The van der Waals surface area contributed by atoms with Crippen LogP contribution in [-0.2, 0) is 0 Å². The summed E-state index contributed by atoms with van der Waals surface area (Å²) in [5.74, 6) is 0.398. The molecule has 0 spiro atoms. The summed E-state index contributed by atoms with van der Waals surface area (Å²) in [5.41, 5.74) is 5.42. The Bertz CT molecular complexity index is 148. The van der Waals surface area contributed by atoms with E-state index in [0.29, 0.717) is 5.84 Å². The van der Waals surface area contributed by atoms with Gasteiger partial charge in [0.15, 0.2) is 0 Å². The average Bonchev–Trinajstić information content (AvgIpc) is 2.16. The highest BCUT2D eigenvalue weighted by Crippen LogP contribution is 1.94. The number of hydrogen-bond donors (Lipinski definition) is 3. The summed E-state index contributed by atoms with van der Waals surface area (Å²) < 4.78 is 0. The van der Waals surface area contributed by atoms with Crippen LogP contribution < -0.4 is 11.1 Å².